The molecule has 0 spiro atoms. The second kappa shape index (κ2) is 75.1. The highest BCUT2D eigenvalue weighted by molar-refractivity contribution is 7.59. The van der Waals surface area contributed by atoms with Crippen molar-refractivity contribution >= 4 is 40.5 Å². The van der Waals surface area contributed by atoms with Gasteiger partial charge in [0.1, 0.15) is 0 Å². The van der Waals surface area contributed by atoms with Gasteiger partial charge in [0.2, 0.25) is 0 Å². The maximum absolute atomic E-state index is 0. The predicted octanol–water partition coefficient (Wildman–Crippen LogP) is 1.61. The summed E-state index contributed by atoms with van der Waals surface area (Å²) in [4.78, 5) is 0. The summed E-state index contributed by atoms with van der Waals surface area (Å²) >= 11 is 0. The van der Waals surface area contributed by atoms with Gasteiger partial charge in [0.25, 0.3) is 0 Å². The van der Waals surface area contributed by atoms with Crippen LogP contribution in [0.2, 0.25) is 0 Å². The normalized spacial score (nSPS) is 0. The molecule has 0 fully saturated rings. The highest BCUT2D eigenvalue weighted by Crippen LogP contribution is 0.650. The molecule has 0 bridgehead atoms. The average molecular weight is 134 g/mol. The highest BCUT2D eigenvalue weighted by Gasteiger charge is -0.0765. The van der Waals surface area contributed by atoms with E-state index in [0.29, 0.717) is 0 Å². The molecule has 0 aromatic rings. The van der Waals surface area contributed by atoms with Crippen LogP contribution in [-0.4, -0.2) is 0 Å². The van der Waals surface area contributed by atoms with Crippen LogP contribution in [0.1, 0.15) is 14.9 Å². The van der Waals surface area contributed by atoms with Gasteiger partial charge in [-0.3, -0.25) is 0 Å². The molecule has 0 aromatic heterocycles. The third-order valence-electron chi connectivity index (χ3n) is 0. The molecule has 0 aliphatic carbocycles. The fraction of sp³-hybridized carbons (Fsp3) is 1.00. The number of hydrogen-bond acceptors (Lipinski definition) is 0. The van der Waals surface area contributed by atoms with E-state index in [2.05, 4.69) is 0 Å². The maximum Gasteiger partial charge on any atom is -0.0776 e. The smallest absolute Gasteiger partial charge is 0.0776 e. The van der Waals surface area contributed by atoms with Gasteiger partial charge in [-0.2, -0.15) is 40.5 Å². The van der Waals surface area contributed by atoms with Crippen LogP contribution >= 0.6 is 40.5 Å². The van der Waals surface area contributed by atoms with Gasteiger partial charge in [-0.15, -0.1) is 0 Å². The molecule has 3 heteroatoms. The predicted molar refractivity (Wildman–Crippen MR) is 44.6 cm³/mol. The third kappa shape index (κ3) is 42.6. The van der Waals surface area contributed by atoms with Gasteiger partial charge in [-0.05, 0) is 0 Å². The Kier molecular flexibility index (Phi) is 2100. The topological polar surface area (TPSA) is 0 Å². The van der Waals surface area contributed by atoms with Crippen molar-refractivity contribution in [2.45, 2.75) is 14.9 Å². The summed E-state index contributed by atoms with van der Waals surface area (Å²) in [7, 11) is 0. The van der Waals surface area contributed by atoms with Gasteiger partial charge in [0.05, 0.1) is 0 Å². The van der Waals surface area contributed by atoms with Crippen LogP contribution in [-0.2, 0) is 0 Å². The van der Waals surface area contributed by atoms with E-state index < -0.39 is 0 Å². The first-order chi connectivity index (χ1) is 0. The molecule has 0 amide bonds. The summed E-state index contributed by atoms with van der Waals surface area (Å²) in [6, 6.07) is 0. The van der Waals surface area contributed by atoms with E-state index in [1.54, 1.807) is 0 Å². The Balaban J connectivity index is 0. The van der Waals surface area contributed by atoms with Crippen LogP contribution in [0.25, 0.3) is 0 Å². The lowest BCUT2D eigenvalue weighted by atomic mass is 12.0. The van der Waals surface area contributed by atoms with Gasteiger partial charge in [0, 0.05) is 0 Å². The van der Waals surface area contributed by atoms with E-state index in [1.807, 2.05) is 0 Å². The van der Waals surface area contributed by atoms with Crippen molar-refractivity contribution < 1.29 is 0 Å². The zero-order valence-corrected chi connectivity index (χ0v) is 4.50. The van der Waals surface area contributed by atoms with Gasteiger partial charge in [0.15, 0.2) is 0 Å². The standard InChI is InChI=1S/2CH4.3H2S/h2*1H4;3*1H2. The molecule has 0 atom stereocenters. The Bertz CT molecular complexity index is 4.85. The van der Waals surface area contributed by atoms with E-state index in [4.69, 9.17) is 0 Å². The van der Waals surface area contributed by atoms with E-state index in [9.17, 15) is 0 Å². The van der Waals surface area contributed by atoms with Crippen molar-refractivity contribution in [3.63, 3.8) is 0 Å². The first kappa shape index (κ1) is 140. The lowest BCUT2D eigenvalue weighted by Gasteiger charge is -0.198. The van der Waals surface area contributed by atoms with Crippen LogP contribution in [0.4, 0.5) is 0 Å². The van der Waals surface area contributed by atoms with Crippen LogP contribution < -0.4 is 0 Å². The molecule has 0 N–H and O–H groups in total. The first-order valence-corrected chi connectivity index (χ1v) is 0. The molecule has 0 rings (SSSR count). The lowest BCUT2D eigenvalue weighted by molar-refractivity contribution is 2.50. The van der Waals surface area contributed by atoms with Crippen LogP contribution in [0, 0.1) is 0 Å². The van der Waals surface area contributed by atoms with Crippen molar-refractivity contribution in [1.29, 1.82) is 0 Å². The molecule has 0 nitrogen and oxygen atoms in total. The van der Waals surface area contributed by atoms with Gasteiger partial charge < -0.3 is 0 Å². The molecule has 0 aromatic carbocycles. The lowest BCUT2D eigenvalue weighted by Crippen LogP contribution is 0.143. The zero-order chi connectivity index (χ0) is 0. The summed E-state index contributed by atoms with van der Waals surface area (Å²) in [6.45, 7) is 0. The van der Waals surface area contributed by atoms with E-state index in [-0.39, 0.29) is 55.3 Å². The first-order valence-electron chi connectivity index (χ1n) is 0. The molecule has 5 heavy (non-hydrogen) atoms. The Morgan fingerprint density at radius 1 is 0.400 bits per heavy atom. The summed E-state index contributed by atoms with van der Waals surface area (Å²) in [5.41, 5.74) is 0. The van der Waals surface area contributed by atoms with E-state index >= 15 is 0 Å². The quantitative estimate of drug-likeness (QED) is 0.472. The summed E-state index contributed by atoms with van der Waals surface area (Å²) < 4.78 is 0. The molecular formula is C2H14S3. The van der Waals surface area contributed by atoms with Gasteiger partial charge in [-0.25, -0.2) is 0 Å². The highest BCUT2D eigenvalue weighted by atomic mass is 32.1. The molecule has 0 unspecified atom stereocenters. The molecule has 40 valence electrons. The Labute approximate surface area is 55.7 Å². The Morgan fingerprint density at radius 3 is 0.400 bits per heavy atom. The summed E-state index contributed by atoms with van der Waals surface area (Å²) in [5, 5.41) is 0. The molecule has 0 aliphatic rings. The van der Waals surface area contributed by atoms with E-state index in [0.717, 1.165) is 0 Å². The molecule has 0 heterocycles. The Hall–Kier alpha value is 1.05. The SMILES string of the molecule is C.C.S.S.S. The summed E-state index contributed by atoms with van der Waals surface area (Å²) in [6.07, 6.45) is 0. The maximum atomic E-state index is 0. The van der Waals surface area contributed by atoms with Crippen LogP contribution in [0.3, 0.4) is 0 Å². The van der Waals surface area contributed by atoms with Gasteiger partial charge >= 0.3 is 0 Å². The molecular weight excluding hydrogens is 120 g/mol. The van der Waals surface area contributed by atoms with Crippen LogP contribution in [0.15, 0.2) is 0 Å². The third-order valence-corrected chi connectivity index (χ3v) is 0. The minimum Gasteiger partial charge on any atom is -0.197 e. The zero-order valence-electron chi connectivity index (χ0n) is 1.50. The summed E-state index contributed by atoms with van der Waals surface area (Å²) in [5.74, 6) is 0. The Morgan fingerprint density at radius 2 is 0.400 bits per heavy atom. The van der Waals surface area contributed by atoms with Crippen molar-refractivity contribution in [2.24, 2.45) is 0 Å². The average Bonchev–Trinajstić information content (AvgIpc) is 0. The second-order valence-electron chi connectivity index (χ2n) is 0. The molecule has 0 saturated carbocycles. The van der Waals surface area contributed by atoms with Crippen molar-refractivity contribution in [1.82, 2.24) is 0 Å². The fourth-order valence-electron chi connectivity index (χ4n) is 0. The minimum atomic E-state index is 0. The fourth-order valence-corrected chi connectivity index (χ4v) is 0. The minimum absolute atomic E-state index is 0. The van der Waals surface area contributed by atoms with Crippen molar-refractivity contribution in [3.8, 4) is 0 Å². The molecule has 0 aliphatic heterocycles. The van der Waals surface area contributed by atoms with Crippen molar-refractivity contribution in [3.05, 3.63) is 0 Å². The number of rotatable bonds is 0. The monoisotopic (exact) mass is 134 g/mol. The van der Waals surface area contributed by atoms with Crippen molar-refractivity contribution in [2.75, 3.05) is 0 Å². The van der Waals surface area contributed by atoms with Gasteiger partial charge in [-0.1, -0.05) is 14.9 Å². The van der Waals surface area contributed by atoms with Crippen LogP contribution in [0.5, 0.6) is 0 Å². The molecule has 0 radical (unpaired) electrons. The number of hydrogen-bond donors (Lipinski definition) is 0. The second-order valence-corrected chi connectivity index (χ2v) is 0. The largest absolute Gasteiger partial charge is 0.197 e. The molecule has 0 saturated heterocycles. The van der Waals surface area contributed by atoms with E-state index in [1.165, 1.54) is 0 Å².